The minimum absolute atomic E-state index is 1.08. The molecular formula is C57H43N3. The van der Waals surface area contributed by atoms with E-state index in [1.807, 2.05) is 19.1 Å². The van der Waals surface area contributed by atoms with E-state index in [2.05, 4.69) is 239 Å². The molecule has 0 unspecified atom stereocenters. The summed E-state index contributed by atoms with van der Waals surface area (Å²) in [6.45, 7) is 5.97. The molecule has 0 bridgehead atoms. The molecule has 0 spiro atoms. The Labute approximate surface area is 351 Å². The van der Waals surface area contributed by atoms with Crippen LogP contribution in [0.4, 0.5) is 17.1 Å². The molecule has 60 heavy (non-hydrogen) atoms. The van der Waals surface area contributed by atoms with Crippen LogP contribution < -0.4 is 4.90 Å². The Kier molecular flexibility index (Phi) is 9.61. The Morgan fingerprint density at radius 3 is 1.63 bits per heavy atom. The van der Waals surface area contributed by atoms with Crippen molar-refractivity contribution >= 4 is 55.3 Å². The maximum Gasteiger partial charge on any atom is 0.0635 e. The molecule has 10 aromatic rings. The number of hydrogen-bond donors (Lipinski definition) is 0. The standard InChI is InChI=1S/C57H43N3/c1-3-14-41(15-4-2)43-22-29-49(30-23-43)59(50-31-24-44(25-32-50)42-16-8-5-9-17-42)51-33-26-45(27-34-51)46-28-36-56-54(40-46)52-35-37-55-53(38-39-58(55)47-18-10-6-11-19-47)57(52)60(56)48-20-12-7-13-21-48/h3-40H,1H2,2H3/b15-4-,41-14+. The zero-order valence-corrected chi connectivity index (χ0v) is 33.5. The second-order valence-corrected chi connectivity index (χ2v) is 15.0. The SMILES string of the molecule is C=C/C=C(\C=C/C)c1ccc(N(c2ccc(-c3ccccc3)cc2)c2ccc(-c3ccc4c(c3)c3ccc5c(ccn5-c5ccccc5)c3n4-c3ccccc3)cc2)cc1. The number of fused-ring (bicyclic) bond motifs is 5. The van der Waals surface area contributed by atoms with Crippen LogP contribution in [0.2, 0.25) is 0 Å². The van der Waals surface area contributed by atoms with Crippen LogP contribution in [-0.2, 0) is 0 Å². The van der Waals surface area contributed by atoms with Crippen LogP contribution >= 0.6 is 0 Å². The Bertz CT molecular complexity index is 3170. The van der Waals surface area contributed by atoms with Gasteiger partial charge in [-0.15, -0.1) is 0 Å². The van der Waals surface area contributed by atoms with Crippen LogP contribution in [0.25, 0.3) is 71.9 Å². The van der Waals surface area contributed by atoms with E-state index >= 15 is 0 Å². The highest BCUT2D eigenvalue weighted by Gasteiger charge is 2.19. The molecule has 2 heterocycles. The Balaban J connectivity index is 1.06. The van der Waals surface area contributed by atoms with Crippen molar-refractivity contribution in [3.8, 4) is 33.6 Å². The first-order valence-corrected chi connectivity index (χ1v) is 20.5. The minimum atomic E-state index is 1.08. The molecule has 3 nitrogen and oxygen atoms in total. The van der Waals surface area contributed by atoms with E-state index in [1.165, 1.54) is 49.4 Å². The molecule has 0 aliphatic heterocycles. The largest absolute Gasteiger partial charge is 0.316 e. The quantitative estimate of drug-likeness (QED) is 0.126. The van der Waals surface area contributed by atoms with Gasteiger partial charge >= 0.3 is 0 Å². The first-order chi connectivity index (χ1) is 29.7. The highest BCUT2D eigenvalue weighted by atomic mass is 15.1. The average Bonchev–Trinajstić information content (AvgIpc) is 3.90. The highest BCUT2D eigenvalue weighted by Crippen LogP contribution is 2.41. The number of hydrogen-bond acceptors (Lipinski definition) is 1. The van der Waals surface area contributed by atoms with Gasteiger partial charge in [0.2, 0.25) is 0 Å². The second-order valence-electron chi connectivity index (χ2n) is 15.0. The normalized spacial score (nSPS) is 11.8. The van der Waals surface area contributed by atoms with Crippen molar-refractivity contribution in [1.82, 2.24) is 9.13 Å². The number of allylic oxidation sites excluding steroid dienone is 5. The van der Waals surface area contributed by atoms with Crippen molar-refractivity contribution in [3.05, 3.63) is 243 Å². The summed E-state index contributed by atoms with van der Waals surface area (Å²) in [5, 5.41) is 3.69. The molecule has 0 atom stereocenters. The predicted octanol–water partition coefficient (Wildman–Crippen LogP) is 15.7. The topological polar surface area (TPSA) is 13.1 Å². The molecule has 10 rings (SSSR count). The summed E-state index contributed by atoms with van der Waals surface area (Å²) >= 11 is 0. The zero-order chi connectivity index (χ0) is 40.4. The molecule has 286 valence electrons. The molecule has 3 heteroatoms. The number of para-hydroxylation sites is 2. The molecule has 2 aromatic heterocycles. The van der Waals surface area contributed by atoms with Gasteiger partial charge in [0.15, 0.2) is 0 Å². The average molecular weight is 770 g/mol. The number of rotatable bonds is 10. The number of nitrogens with zero attached hydrogens (tertiary/aromatic N) is 3. The fourth-order valence-electron chi connectivity index (χ4n) is 8.61. The molecule has 0 saturated carbocycles. The Hall–Kier alpha value is -7.88. The van der Waals surface area contributed by atoms with Gasteiger partial charge in [-0.25, -0.2) is 0 Å². The zero-order valence-electron chi connectivity index (χ0n) is 33.5. The predicted molar refractivity (Wildman–Crippen MR) is 256 cm³/mol. The summed E-state index contributed by atoms with van der Waals surface area (Å²) in [6, 6.07) is 72.2. The molecule has 8 aromatic carbocycles. The van der Waals surface area contributed by atoms with E-state index in [-0.39, 0.29) is 0 Å². The van der Waals surface area contributed by atoms with Crippen LogP contribution in [0, 0.1) is 0 Å². The summed E-state index contributed by atoms with van der Waals surface area (Å²) in [7, 11) is 0. The Morgan fingerprint density at radius 2 is 1.02 bits per heavy atom. The molecule has 0 N–H and O–H groups in total. The van der Waals surface area contributed by atoms with E-state index in [4.69, 9.17) is 0 Å². The van der Waals surface area contributed by atoms with Crippen LogP contribution in [0.5, 0.6) is 0 Å². The van der Waals surface area contributed by atoms with Crippen molar-refractivity contribution in [1.29, 1.82) is 0 Å². The lowest BCUT2D eigenvalue weighted by Crippen LogP contribution is -2.09. The molecule has 0 aliphatic rings. The van der Waals surface area contributed by atoms with E-state index in [0.717, 1.165) is 45.1 Å². The monoisotopic (exact) mass is 769 g/mol. The fraction of sp³-hybridized carbons (Fsp3) is 0.0175. The Morgan fingerprint density at radius 1 is 0.483 bits per heavy atom. The second kappa shape index (κ2) is 15.8. The summed E-state index contributed by atoms with van der Waals surface area (Å²) in [6.07, 6.45) is 10.3. The van der Waals surface area contributed by atoms with Crippen LogP contribution in [0.1, 0.15) is 12.5 Å². The van der Waals surface area contributed by atoms with Gasteiger partial charge in [0.1, 0.15) is 0 Å². The third-order valence-electron chi connectivity index (χ3n) is 11.4. The number of aromatic nitrogens is 2. The van der Waals surface area contributed by atoms with Crippen molar-refractivity contribution in [2.75, 3.05) is 4.90 Å². The highest BCUT2D eigenvalue weighted by molar-refractivity contribution is 6.19. The summed E-state index contributed by atoms with van der Waals surface area (Å²) in [5.41, 5.74) is 16.1. The molecule has 0 fully saturated rings. The van der Waals surface area contributed by atoms with Gasteiger partial charge in [-0.1, -0.05) is 146 Å². The van der Waals surface area contributed by atoms with Gasteiger partial charge < -0.3 is 14.0 Å². The molecule has 0 amide bonds. The third-order valence-corrected chi connectivity index (χ3v) is 11.4. The van der Waals surface area contributed by atoms with Crippen LogP contribution in [-0.4, -0.2) is 9.13 Å². The lowest BCUT2D eigenvalue weighted by atomic mass is 10.0. The molecule has 0 saturated heterocycles. The lowest BCUT2D eigenvalue weighted by molar-refractivity contribution is 1.13. The van der Waals surface area contributed by atoms with Crippen LogP contribution in [0.15, 0.2) is 237 Å². The van der Waals surface area contributed by atoms with Gasteiger partial charge in [0, 0.05) is 50.8 Å². The van der Waals surface area contributed by atoms with Gasteiger partial charge in [-0.2, -0.15) is 0 Å². The van der Waals surface area contributed by atoms with E-state index in [0.29, 0.717) is 0 Å². The molecule has 0 aliphatic carbocycles. The van der Waals surface area contributed by atoms with Gasteiger partial charge in [-0.05, 0) is 125 Å². The van der Waals surface area contributed by atoms with Gasteiger partial charge in [0.05, 0.1) is 16.6 Å². The number of benzene rings is 8. The summed E-state index contributed by atoms with van der Waals surface area (Å²) in [4.78, 5) is 2.33. The van der Waals surface area contributed by atoms with Crippen molar-refractivity contribution in [3.63, 3.8) is 0 Å². The van der Waals surface area contributed by atoms with Gasteiger partial charge in [-0.3, -0.25) is 0 Å². The van der Waals surface area contributed by atoms with E-state index in [1.54, 1.807) is 0 Å². The first kappa shape index (κ1) is 36.5. The number of anilines is 3. The lowest BCUT2D eigenvalue weighted by Gasteiger charge is -2.26. The smallest absolute Gasteiger partial charge is 0.0635 e. The van der Waals surface area contributed by atoms with Crippen molar-refractivity contribution in [2.45, 2.75) is 6.92 Å². The maximum absolute atomic E-state index is 3.93. The van der Waals surface area contributed by atoms with Crippen molar-refractivity contribution < 1.29 is 0 Å². The van der Waals surface area contributed by atoms with Crippen molar-refractivity contribution in [2.24, 2.45) is 0 Å². The van der Waals surface area contributed by atoms with Crippen LogP contribution in [0.3, 0.4) is 0 Å². The summed E-state index contributed by atoms with van der Waals surface area (Å²) < 4.78 is 4.71. The van der Waals surface area contributed by atoms with Gasteiger partial charge in [0.25, 0.3) is 0 Å². The third kappa shape index (κ3) is 6.62. The fourth-order valence-corrected chi connectivity index (χ4v) is 8.61. The summed E-state index contributed by atoms with van der Waals surface area (Å²) in [5.74, 6) is 0. The maximum atomic E-state index is 3.93. The van der Waals surface area contributed by atoms with E-state index in [9.17, 15) is 0 Å². The molecule has 0 radical (unpaired) electrons. The first-order valence-electron chi connectivity index (χ1n) is 20.5. The van der Waals surface area contributed by atoms with E-state index < -0.39 is 0 Å². The molecular weight excluding hydrogens is 727 g/mol. The minimum Gasteiger partial charge on any atom is -0.316 e.